The van der Waals surface area contributed by atoms with Crippen molar-refractivity contribution in [1.29, 1.82) is 0 Å². The number of hydrogen-bond donors (Lipinski definition) is 3. The van der Waals surface area contributed by atoms with Crippen molar-refractivity contribution >= 4 is 22.8 Å². The summed E-state index contributed by atoms with van der Waals surface area (Å²) in [7, 11) is 0. The Hall–Kier alpha value is -2.60. The molecule has 0 saturated heterocycles. The van der Waals surface area contributed by atoms with Gasteiger partial charge in [-0.05, 0) is 45.4 Å². The summed E-state index contributed by atoms with van der Waals surface area (Å²) >= 11 is 0. The molecule has 0 saturated carbocycles. The zero-order valence-corrected chi connectivity index (χ0v) is 14.8. The number of ether oxygens (including phenoxy) is 1. The van der Waals surface area contributed by atoms with Crippen LogP contribution in [0.1, 0.15) is 32.8 Å². The van der Waals surface area contributed by atoms with Crippen molar-refractivity contribution in [3.8, 4) is 0 Å². The van der Waals surface area contributed by atoms with Crippen LogP contribution in [0.4, 0.5) is 0 Å². The van der Waals surface area contributed by atoms with Crippen molar-refractivity contribution in [2.75, 3.05) is 6.54 Å². The monoisotopic (exact) mass is 344 g/mol. The number of carboxylic acids is 1. The molecule has 0 spiro atoms. The molecular formula is C19H24N2O4. The van der Waals surface area contributed by atoms with E-state index in [-0.39, 0.29) is 30.5 Å². The molecule has 4 N–H and O–H groups in total. The number of nitrogens with two attached hydrogens (primary N) is 1. The lowest BCUT2D eigenvalue weighted by Crippen LogP contribution is -2.27. The number of aromatic nitrogens is 1. The number of H-pyrrole nitrogens is 1. The Kier molecular flexibility index (Phi) is 5.64. The number of aromatic amines is 1. The van der Waals surface area contributed by atoms with E-state index in [1.807, 2.05) is 24.3 Å². The van der Waals surface area contributed by atoms with Crippen LogP contribution in [-0.4, -0.2) is 34.2 Å². The number of rotatable bonds is 6. The lowest BCUT2D eigenvalue weighted by atomic mass is 9.97. The third-order valence-electron chi connectivity index (χ3n) is 3.70. The van der Waals surface area contributed by atoms with Crippen LogP contribution in [0.15, 0.2) is 41.6 Å². The fourth-order valence-electron chi connectivity index (χ4n) is 2.64. The van der Waals surface area contributed by atoms with Crippen LogP contribution in [0.3, 0.4) is 0 Å². The normalized spacial score (nSPS) is 12.8. The van der Waals surface area contributed by atoms with Crippen LogP contribution in [0.25, 0.3) is 10.9 Å². The SMILES string of the molecule is CC(C)(C)OC(=O)C(CCN)=C(Cc1c[nH]c2ccccc12)C(=O)O. The van der Waals surface area contributed by atoms with Crippen LogP contribution >= 0.6 is 0 Å². The van der Waals surface area contributed by atoms with Gasteiger partial charge in [-0.2, -0.15) is 0 Å². The molecule has 25 heavy (non-hydrogen) atoms. The molecular weight excluding hydrogens is 320 g/mol. The van der Waals surface area contributed by atoms with E-state index >= 15 is 0 Å². The molecule has 0 bridgehead atoms. The fourth-order valence-corrected chi connectivity index (χ4v) is 2.64. The number of carboxylic acid groups (broad SMARTS) is 1. The topological polar surface area (TPSA) is 105 Å². The maximum atomic E-state index is 12.5. The number of fused-ring (bicyclic) bond motifs is 1. The van der Waals surface area contributed by atoms with Crippen molar-refractivity contribution in [3.63, 3.8) is 0 Å². The summed E-state index contributed by atoms with van der Waals surface area (Å²) in [5.41, 5.74) is 6.75. The largest absolute Gasteiger partial charge is 0.478 e. The van der Waals surface area contributed by atoms with Crippen molar-refractivity contribution < 1.29 is 19.4 Å². The molecule has 2 aromatic rings. The van der Waals surface area contributed by atoms with Gasteiger partial charge in [0.1, 0.15) is 5.60 Å². The average Bonchev–Trinajstić information content (AvgIpc) is 2.92. The van der Waals surface area contributed by atoms with E-state index in [2.05, 4.69) is 4.98 Å². The summed E-state index contributed by atoms with van der Waals surface area (Å²) < 4.78 is 5.37. The first kappa shape index (κ1) is 18.7. The highest BCUT2D eigenvalue weighted by atomic mass is 16.6. The minimum Gasteiger partial charge on any atom is -0.478 e. The summed E-state index contributed by atoms with van der Waals surface area (Å²) in [5, 5.41) is 10.6. The minimum atomic E-state index is -1.14. The minimum absolute atomic E-state index is 0.0180. The summed E-state index contributed by atoms with van der Waals surface area (Å²) in [5.74, 6) is -1.77. The Morgan fingerprint density at radius 2 is 1.88 bits per heavy atom. The number of aliphatic carboxylic acids is 1. The number of esters is 1. The zero-order valence-electron chi connectivity index (χ0n) is 14.8. The Balaban J connectivity index is 2.45. The number of nitrogens with one attached hydrogen (secondary N) is 1. The lowest BCUT2D eigenvalue weighted by molar-refractivity contribution is -0.150. The maximum absolute atomic E-state index is 12.5. The Bertz CT molecular complexity index is 812. The second-order valence-corrected chi connectivity index (χ2v) is 6.84. The van der Waals surface area contributed by atoms with Gasteiger partial charge in [-0.1, -0.05) is 18.2 Å². The molecule has 0 radical (unpaired) electrons. The Morgan fingerprint density at radius 3 is 2.48 bits per heavy atom. The molecule has 6 heteroatoms. The molecule has 0 aliphatic carbocycles. The molecule has 0 atom stereocenters. The number of hydrogen-bond acceptors (Lipinski definition) is 4. The number of benzene rings is 1. The van der Waals surface area contributed by atoms with Crippen molar-refractivity contribution in [2.45, 2.75) is 39.2 Å². The molecule has 2 rings (SSSR count). The zero-order chi connectivity index (χ0) is 18.6. The standard InChI is InChI=1S/C19H24N2O4/c1-19(2,3)25-18(24)14(8-9-20)15(17(22)23)10-12-11-21-16-7-5-4-6-13(12)16/h4-7,11,21H,8-10,20H2,1-3H3,(H,22,23). The van der Waals surface area contributed by atoms with Gasteiger partial charge in [0, 0.05) is 29.1 Å². The summed E-state index contributed by atoms with van der Waals surface area (Å²) in [6.07, 6.45) is 2.04. The molecule has 1 aromatic heterocycles. The quantitative estimate of drug-likeness (QED) is 0.552. The highest BCUT2D eigenvalue weighted by molar-refractivity contribution is 6.00. The van der Waals surface area contributed by atoms with E-state index in [1.165, 1.54) is 0 Å². The smallest absolute Gasteiger partial charge is 0.335 e. The van der Waals surface area contributed by atoms with Gasteiger partial charge in [-0.25, -0.2) is 9.59 Å². The first-order valence-electron chi connectivity index (χ1n) is 8.16. The van der Waals surface area contributed by atoms with Gasteiger partial charge in [0.15, 0.2) is 0 Å². The predicted octanol–water partition coefficient (Wildman–Crippen LogP) is 2.78. The second kappa shape index (κ2) is 7.53. The number of para-hydroxylation sites is 1. The van der Waals surface area contributed by atoms with Gasteiger partial charge >= 0.3 is 11.9 Å². The third kappa shape index (κ3) is 4.70. The summed E-state index contributed by atoms with van der Waals surface area (Å²) in [4.78, 5) is 27.4. The van der Waals surface area contributed by atoms with Crippen LogP contribution in [-0.2, 0) is 20.7 Å². The molecule has 0 amide bonds. The molecule has 6 nitrogen and oxygen atoms in total. The highest BCUT2D eigenvalue weighted by Crippen LogP contribution is 2.24. The van der Waals surface area contributed by atoms with Gasteiger partial charge < -0.3 is 20.6 Å². The first-order valence-corrected chi connectivity index (χ1v) is 8.16. The van der Waals surface area contributed by atoms with Crippen molar-refractivity contribution in [1.82, 2.24) is 4.98 Å². The van der Waals surface area contributed by atoms with Gasteiger partial charge in [0.25, 0.3) is 0 Å². The second-order valence-electron chi connectivity index (χ2n) is 6.84. The van der Waals surface area contributed by atoms with Gasteiger partial charge in [-0.3, -0.25) is 0 Å². The maximum Gasteiger partial charge on any atom is 0.335 e. The van der Waals surface area contributed by atoms with E-state index in [1.54, 1.807) is 27.0 Å². The number of carbonyl (C=O) groups is 2. The Morgan fingerprint density at radius 1 is 1.20 bits per heavy atom. The summed E-state index contributed by atoms with van der Waals surface area (Å²) in [6, 6.07) is 7.62. The summed E-state index contributed by atoms with van der Waals surface area (Å²) in [6.45, 7) is 5.39. The number of carbonyl (C=O) groups excluding carboxylic acids is 1. The van der Waals surface area contributed by atoms with Crippen LogP contribution in [0.2, 0.25) is 0 Å². The van der Waals surface area contributed by atoms with Gasteiger partial charge in [-0.15, -0.1) is 0 Å². The molecule has 1 heterocycles. The molecule has 1 aromatic carbocycles. The first-order chi connectivity index (χ1) is 11.7. The van der Waals surface area contributed by atoms with E-state index in [4.69, 9.17) is 10.5 Å². The van der Waals surface area contributed by atoms with E-state index < -0.39 is 17.5 Å². The fraction of sp³-hybridized carbons (Fsp3) is 0.368. The van der Waals surface area contributed by atoms with Crippen LogP contribution < -0.4 is 5.73 Å². The van der Waals surface area contributed by atoms with Gasteiger partial charge in [0.05, 0.1) is 5.57 Å². The molecule has 0 aliphatic rings. The van der Waals surface area contributed by atoms with Crippen molar-refractivity contribution in [2.24, 2.45) is 5.73 Å². The molecule has 134 valence electrons. The molecule has 0 fully saturated rings. The van der Waals surface area contributed by atoms with Crippen LogP contribution in [0.5, 0.6) is 0 Å². The third-order valence-corrected chi connectivity index (χ3v) is 3.70. The van der Waals surface area contributed by atoms with E-state index in [0.717, 1.165) is 16.5 Å². The van der Waals surface area contributed by atoms with E-state index in [9.17, 15) is 14.7 Å². The molecule has 0 aliphatic heterocycles. The van der Waals surface area contributed by atoms with Gasteiger partial charge in [0.2, 0.25) is 0 Å². The highest BCUT2D eigenvalue weighted by Gasteiger charge is 2.26. The molecule has 0 unspecified atom stereocenters. The average molecular weight is 344 g/mol. The predicted molar refractivity (Wildman–Crippen MR) is 96.2 cm³/mol. The van der Waals surface area contributed by atoms with E-state index in [0.29, 0.717) is 0 Å². The Labute approximate surface area is 146 Å². The van der Waals surface area contributed by atoms with Crippen LogP contribution in [0, 0.1) is 0 Å². The lowest BCUT2D eigenvalue weighted by Gasteiger charge is -2.21. The van der Waals surface area contributed by atoms with Crippen molar-refractivity contribution in [3.05, 3.63) is 47.2 Å².